The summed E-state index contributed by atoms with van der Waals surface area (Å²) in [5.41, 5.74) is 1.56. The number of nitro benzene ring substituents is 1. The van der Waals surface area contributed by atoms with Gasteiger partial charge in [-0.1, -0.05) is 24.3 Å². The number of nitro groups is 1. The van der Waals surface area contributed by atoms with Crippen LogP contribution in [-0.4, -0.2) is 15.4 Å². The van der Waals surface area contributed by atoms with Gasteiger partial charge in [0.2, 0.25) is 0 Å². The zero-order valence-corrected chi connectivity index (χ0v) is 12.2. The highest BCUT2D eigenvalue weighted by Crippen LogP contribution is 2.24. The van der Waals surface area contributed by atoms with Gasteiger partial charge in [-0.05, 0) is 19.1 Å². The number of carbonyl (C=O) groups excluding carboxylic acids is 1. The maximum absolute atomic E-state index is 12.7. The van der Waals surface area contributed by atoms with E-state index in [0.717, 1.165) is 0 Å². The van der Waals surface area contributed by atoms with Crippen LogP contribution in [0.3, 0.4) is 0 Å². The van der Waals surface area contributed by atoms with E-state index in [1.807, 2.05) is 0 Å². The summed E-state index contributed by atoms with van der Waals surface area (Å²) in [6.45, 7) is 1.62. The van der Waals surface area contributed by atoms with E-state index in [1.54, 1.807) is 43.3 Å². The van der Waals surface area contributed by atoms with E-state index in [-0.39, 0.29) is 11.3 Å². The lowest BCUT2D eigenvalue weighted by Crippen LogP contribution is -2.11. The molecule has 6 nitrogen and oxygen atoms in total. The Balaban J connectivity index is 2.17. The molecule has 0 saturated heterocycles. The molecule has 3 rings (SSSR count). The van der Waals surface area contributed by atoms with Gasteiger partial charge in [-0.15, -0.1) is 0 Å². The minimum absolute atomic E-state index is 0.104. The Labute approximate surface area is 131 Å². The highest BCUT2D eigenvalue weighted by Gasteiger charge is 2.18. The first-order valence-electron chi connectivity index (χ1n) is 6.83. The molecule has 2 aromatic carbocycles. The lowest BCUT2D eigenvalue weighted by atomic mass is 10.1. The fourth-order valence-electron chi connectivity index (χ4n) is 2.51. The Bertz CT molecular complexity index is 996. The van der Waals surface area contributed by atoms with Gasteiger partial charge in [-0.25, -0.2) is 0 Å². The molecular formula is C17H11N3O3. The first kappa shape index (κ1) is 14.5. The average molecular weight is 305 g/mol. The number of aryl methyl sites for hydroxylation is 1. The van der Waals surface area contributed by atoms with Crippen LogP contribution in [0.2, 0.25) is 0 Å². The van der Waals surface area contributed by atoms with Crippen LogP contribution >= 0.6 is 0 Å². The third kappa shape index (κ3) is 2.34. The Hall–Kier alpha value is -3.46. The lowest BCUT2D eigenvalue weighted by molar-refractivity contribution is -0.385. The summed E-state index contributed by atoms with van der Waals surface area (Å²) >= 11 is 0. The van der Waals surface area contributed by atoms with Crippen LogP contribution in [-0.2, 0) is 0 Å². The van der Waals surface area contributed by atoms with E-state index in [9.17, 15) is 20.2 Å². The zero-order chi connectivity index (χ0) is 16.6. The number of benzene rings is 2. The third-order valence-electron chi connectivity index (χ3n) is 3.70. The van der Waals surface area contributed by atoms with Crippen LogP contribution in [0, 0.1) is 28.4 Å². The molecule has 112 valence electrons. The molecule has 0 amide bonds. The normalized spacial score (nSPS) is 10.4. The van der Waals surface area contributed by atoms with Crippen molar-refractivity contribution in [1.82, 2.24) is 4.57 Å². The van der Waals surface area contributed by atoms with Gasteiger partial charge in [0, 0.05) is 28.8 Å². The molecule has 0 N–H and O–H groups in total. The summed E-state index contributed by atoms with van der Waals surface area (Å²) in [7, 11) is 0. The Morgan fingerprint density at radius 3 is 2.70 bits per heavy atom. The molecule has 3 aromatic rings. The summed E-state index contributed by atoms with van der Waals surface area (Å²) in [5, 5.41) is 20.9. The van der Waals surface area contributed by atoms with Crippen LogP contribution < -0.4 is 0 Å². The molecule has 0 fully saturated rings. The minimum atomic E-state index is -0.513. The highest BCUT2D eigenvalue weighted by atomic mass is 16.6. The standard InChI is InChI=1S/C17H11N3O3/c1-11-6-7-12(8-16(11)20(22)23)17(21)19-10-13(9-18)14-4-2-3-5-15(14)19/h2-8,10H,1H3. The third-order valence-corrected chi connectivity index (χ3v) is 3.70. The minimum Gasteiger partial charge on any atom is -0.282 e. The van der Waals surface area contributed by atoms with E-state index >= 15 is 0 Å². The maximum atomic E-state index is 12.7. The fourth-order valence-corrected chi connectivity index (χ4v) is 2.51. The smallest absolute Gasteiger partial charge is 0.273 e. The van der Waals surface area contributed by atoms with Gasteiger partial charge < -0.3 is 0 Å². The summed E-state index contributed by atoms with van der Waals surface area (Å²) in [4.78, 5) is 23.2. The van der Waals surface area contributed by atoms with Crippen LogP contribution in [0.15, 0.2) is 48.7 Å². The molecule has 0 aliphatic rings. The molecule has 0 atom stereocenters. The number of hydrogen-bond acceptors (Lipinski definition) is 4. The Morgan fingerprint density at radius 1 is 1.26 bits per heavy atom. The van der Waals surface area contributed by atoms with E-state index in [1.165, 1.54) is 16.8 Å². The maximum Gasteiger partial charge on any atom is 0.273 e. The summed E-state index contributed by atoms with van der Waals surface area (Å²) in [5.74, 6) is -0.411. The molecule has 0 saturated carbocycles. The fraction of sp³-hybridized carbons (Fsp3) is 0.0588. The van der Waals surface area contributed by atoms with Gasteiger partial charge in [-0.3, -0.25) is 19.5 Å². The van der Waals surface area contributed by atoms with Crippen molar-refractivity contribution in [2.45, 2.75) is 6.92 Å². The van der Waals surface area contributed by atoms with Gasteiger partial charge in [-0.2, -0.15) is 5.26 Å². The van der Waals surface area contributed by atoms with E-state index in [2.05, 4.69) is 6.07 Å². The lowest BCUT2D eigenvalue weighted by Gasteiger charge is -2.05. The van der Waals surface area contributed by atoms with Crippen LogP contribution in [0.5, 0.6) is 0 Å². The van der Waals surface area contributed by atoms with Crippen LogP contribution in [0.25, 0.3) is 10.9 Å². The number of aromatic nitrogens is 1. The molecule has 0 unspecified atom stereocenters. The Morgan fingerprint density at radius 2 is 2.00 bits per heavy atom. The first-order valence-corrected chi connectivity index (χ1v) is 6.83. The molecular weight excluding hydrogens is 294 g/mol. The van der Waals surface area contributed by atoms with Crippen molar-refractivity contribution < 1.29 is 9.72 Å². The quantitative estimate of drug-likeness (QED) is 0.536. The van der Waals surface area contributed by atoms with Gasteiger partial charge in [0.1, 0.15) is 6.07 Å². The SMILES string of the molecule is Cc1ccc(C(=O)n2cc(C#N)c3ccccc32)cc1[N+](=O)[O-]. The van der Waals surface area contributed by atoms with Crippen LogP contribution in [0.1, 0.15) is 21.5 Å². The molecule has 1 aromatic heterocycles. The van der Waals surface area contributed by atoms with E-state index < -0.39 is 10.8 Å². The second kappa shape index (κ2) is 5.39. The van der Waals surface area contributed by atoms with Crippen molar-refractivity contribution in [1.29, 1.82) is 5.26 Å². The first-order chi connectivity index (χ1) is 11.0. The number of nitriles is 1. The second-order valence-electron chi connectivity index (χ2n) is 5.11. The zero-order valence-electron chi connectivity index (χ0n) is 12.2. The molecule has 0 aliphatic carbocycles. The monoisotopic (exact) mass is 305 g/mol. The van der Waals surface area contributed by atoms with Gasteiger partial charge in [0.15, 0.2) is 0 Å². The number of carbonyl (C=O) groups is 1. The summed E-state index contributed by atoms with van der Waals surface area (Å²) in [6.07, 6.45) is 1.46. The van der Waals surface area contributed by atoms with Gasteiger partial charge >= 0.3 is 0 Å². The molecule has 0 radical (unpaired) electrons. The van der Waals surface area contributed by atoms with E-state index in [4.69, 9.17) is 0 Å². The molecule has 6 heteroatoms. The van der Waals surface area contributed by atoms with Gasteiger partial charge in [0.05, 0.1) is 16.0 Å². The van der Waals surface area contributed by atoms with Gasteiger partial charge in [0.25, 0.3) is 11.6 Å². The van der Waals surface area contributed by atoms with Crippen molar-refractivity contribution in [3.05, 3.63) is 75.5 Å². The van der Waals surface area contributed by atoms with Crippen molar-refractivity contribution in [2.24, 2.45) is 0 Å². The number of hydrogen-bond donors (Lipinski definition) is 0. The highest BCUT2D eigenvalue weighted by molar-refractivity contribution is 6.03. The molecule has 1 heterocycles. The number of para-hydroxylation sites is 1. The van der Waals surface area contributed by atoms with Crippen LogP contribution in [0.4, 0.5) is 5.69 Å². The predicted octanol–water partition coefficient (Wildman–Crippen LogP) is 3.42. The van der Waals surface area contributed by atoms with Crippen molar-refractivity contribution in [3.8, 4) is 6.07 Å². The largest absolute Gasteiger partial charge is 0.282 e. The number of fused-ring (bicyclic) bond motifs is 1. The molecule has 0 aliphatic heterocycles. The van der Waals surface area contributed by atoms with E-state index in [0.29, 0.717) is 22.0 Å². The molecule has 0 spiro atoms. The number of nitrogens with zero attached hydrogens (tertiary/aromatic N) is 3. The predicted molar refractivity (Wildman–Crippen MR) is 84.2 cm³/mol. The second-order valence-corrected chi connectivity index (χ2v) is 5.11. The van der Waals surface area contributed by atoms with Crippen molar-refractivity contribution in [3.63, 3.8) is 0 Å². The van der Waals surface area contributed by atoms with Crippen molar-refractivity contribution in [2.75, 3.05) is 0 Å². The average Bonchev–Trinajstić information content (AvgIpc) is 2.93. The molecule has 23 heavy (non-hydrogen) atoms. The van der Waals surface area contributed by atoms with Crippen molar-refractivity contribution >= 4 is 22.5 Å². The molecule has 0 bridgehead atoms. The number of rotatable bonds is 2. The summed E-state index contributed by atoms with van der Waals surface area (Å²) in [6, 6.07) is 13.5. The summed E-state index contributed by atoms with van der Waals surface area (Å²) < 4.78 is 1.35. The Kier molecular flexibility index (Phi) is 3.39. The topological polar surface area (TPSA) is 88.9 Å².